The lowest BCUT2D eigenvalue weighted by molar-refractivity contribution is -0.147. The summed E-state index contributed by atoms with van der Waals surface area (Å²) in [4.78, 5) is 29.8. The highest BCUT2D eigenvalue weighted by Gasteiger charge is 2.35. The Labute approximate surface area is 123 Å². The van der Waals surface area contributed by atoms with Gasteiger partial charge in [-0.05, 0) is 11.4 Å². The van der Waals surface area contributed by atoms with Crippen molar-refractivity contribution in [2.45, 2.75) is 6.04 Å². The van der Waals surface area contributed by atoms with E-state index in [1.165, 1.54) is 22.6 Å². The minimum Gasteiger partial charge on any atom is -0.480 e. The van der Waals surface area contributed by atoms with Gasteiger partial charge < -0.3 is 19.2 Å². The number of carboxylic acids is 1. The van der Waals surface area contributed by atoms with Crippen LogP contribution in [0.2, 0.25) is 0 Å². The van der Waals surface area contributed by atoms with Crippen LogP contribution in [0.5, 0.6) is 0 Å². The summed E-state index contributed by atoms with van der Waals surface area (Å²) in [5.41, 5.74) is 0.130. The predicted octanol–water partition coefficient (Wildman–Crippen LogP) is 1.33. The zero-order valence-corrected chi connectivity index (χ0v) is 11.7. The van der Waals surface area contributed by atoms with E-state index >= 15 is 0 Å². The summed E-state index contributed by atoms with van der Waals surface area (Å²) in [5, 5.41) is 11.1. The maximum absolute atomic E-state index is 12.6. The number of hydrogen-bond acceptors (Lipinski definition) is 6. The Morgan fingerprint density at radius 2 is 2.33 bits per heavy atom. The maximum Gasteiger partial charge on any atom is 0.328 e. The molecule has 3 rings (SSSR count). The number of carboxylic acid groups (broad SMARTS) is 1. The van der Waals surface area contributed by atoms with Crippen LogP contribution in [0.25, 0.3) is 10.6 Å². The number of morpholine rings is 1. The van der Waals surface area contributed by atoms with E-state index in [0.29, 0.717) is 12.4 Å². The average Bonchev–Trinajstić information content (AvgIpc) is 3.16. The second-order valence-corrected chi connectivity index (χ2v) is 5.38. The standard InChI is InChI=1S/C13H12N2O5S/c16-12(15-3-4-19-6-8(15)13(17)18)10-11(20-7-14-10)9-2-1-5-21-9/h1-2,5,7-8H,3-4,6H2,(H,17,18)/t8-/m0/s1. The van der Waals surface area contributed by atoms with Gasteiger partial charge in [0.1, 0.15) is 0 Å². The number of amides is 1. The molecule has 1 amide bonds. The van der Waals surface area contributed by atoms with Crippen LogP contribution in [-0.4, -0.2) is 52.7 Å². The molecular weight excluding hydrogens is 296 g/mol. The first-order chi connectivity index (χ1) is 10.2. The van der Waals surface area contributed by atoms with Crippen molar-refractivity contribution in [1.29, 1.82) is 0 Å². The number of ether oxygens (including phenoxy) is 1. The molecule has 8 heteroatoms. The third-order valence-corrected chi connectivity index (χ3v) is 4.06. The minimum atomic E-state index is -1.09. The van der Waals surface area contributed by atoms with Crippen LogP contribution in [-0.2, 0) is 9.53 Å². The number of carbonyl (C=O) groups is 2. The first kappa shape index (κ1) is 13.8. The predicted molar refractivity (Wildman–Crippen MR) is 73.1 cm³/mol. The van der Waals surface area contributed by atoms with Crippen LogP contribution in [0.4, 0.5) is 0 Å². The quantitative estimate of drug-likeness (QED) is 0.919. The highest BCUT2D eigenvalue weighted by Crippen LogP contribution is 2.28. The zero-order chi connectivity index (χ0) is 14.8. The van der Waals surface area contributed by atoms with Gasteiger partial charge in [-0.2, -0.15) is 0 Å². The van der Waals surface area contributed by atoms with Crippen LogP contribution in [0, 0.1) is 0 Å². The highest BCUT2D eigenvalue weighted by molar-refractivity contribution is 7.13. The zero-order valence-electron chi connectivity index (χ0n) is 10.9. The molecule has 2 aromatic rings. The molecular formula is C13H12N2O5S. The number of aromatic nitrogens is 1. The number of aliphatic carboxylic acids is 1. The van der Waals surface area contributed by atoms with E-state index in [-0.39, 0.29) is 18.8 Å². The first-order valence-electron chi connectivity index (χ1n) is 6.27. The Balaban J connectivity index is 1.92. The normalized spacial score (nSPS) is 18.7. The summed E-state index contributed by atoms with van der Waals surface area (Å²) in [6.45, 7) is 0.501. The smallest absolute Gasteiger partial charge is 0.328 e. The fourth-order valence-corrected chi connectivity index (χ4v) is 2.88. The Morgan fingerprint density at radius 3 is 3.05 bits per heavy atom. The molecule has 1 saturated heterocycles. The van der Waals surface area contributed by atoms with Gasteiger partial charge in [0.15, 0.2) is 23.9 Å². The molecule has 0 saturated carbocycles. The topological polar surface area (TPSA) is 92.9 Å². The number of thiophene rings is 1. The highest BCUT2D eigenvalue weighted by atomic mass is 32.1. The lowest BCUT2D eigenvalue weighted by Crippen LogP contribution is -2.52. The number of oxazole rings is 1. The molecule has 7 nitrogen and oxygen atoms in total. The molecule has 1 fully saturated rings. The summed E-state index contributed by atoms with van der Waals surface area (Å²) >= 11 is 1.42. The van der Waals surface area contributed by atoms with Crippen LogP contribution < -0.4 is 0 Å². The van der Waals surface area contributed by atoms with Crippen LogP contribution >= 0.6 is 11.3 Å². The summed E-state index contributed by atoms with van der Waals surface area (Å²) in [5.74, 6) is -1.18. The van der Waals surface area contributed by atoms with Crippen LogP contribution in [0.1, 0.15) is 10.5 Å². The van der Waals surface area contributed by atoms with Gasteiger partial charge in [0.25, 0.3) is 5.91 Å². The van der Waals surface area contributed by atoms with Crippen molar-refractivity contribution < 1.29 is 23.8 Å². The van der Waals surface area contributed by atoms with Gasteiger partial charge in [-0.25, -0.2) is 9.78 Å². The Bertz CT molecular complexity index is 651. The van der Waals surface area contributed by atoms with Crippen molar-refractivity contribution in [1.82, 2.24) is 9.88 Å². The van der Waals surface area contributed by atoms with E-state index in [1.807, 2.05) is 17.5 Å². The van der Waals surface area contributed by atoms with Crippen molar-refractivity contribution in [2.24, 2.45) is 0 Å². The number of hydrogen-bond donors (Lipinski definition) is 1. The third kappa shape index (κ3) is 2.55. The Kier molecular flexibility index (Phi) is 3.72. The molecule has 0 unspecified atom stereocenters. The molecule has 0 bridgehead atoms. The van der Waals surface area contributed by atoms with Gasteiger partial charge in [-0.1, -0.05) is 6.07 Å². The Hall–Kier alpha value is -2.19. The molecule has 1 aliphatic rings. The summed E-state index contributed by atoms with van der Waals surface area (Å²) < 4.78 is 10.4. The van der Waals surface area contributed by atoms with E-state index in [0.717, 1.165) is 4.88 Å². The second kappa shape index (κ2) is 5.66. The van der Waals surface area contributed by atoms with E-state index in [4.69, 9.17) is 9.15 Å². The monoisotopic (exact) mass is 308 g/mol. The van der Waals surface area contributed by atoms with Crippen LogP contribution in [0.15, 0.2) is 28.3 Å². The van der Waals surface area contributed by atoms with Crippen molar-refractivity contribution in [2.75, 3.05) is 19.8 Å². The van der Waals surface area contributed by atoms with Gasteiger partial charge in [-0.15, -0.1) is 11.3 Å². The van der Waals surface area contributed by atoms with E-state index in [9.17, 15) is 14.7 Å². The molecule has 0 spiro atoms. The molecule has 110 valence electrons. The van der Waals surface area contributed by atoms with Gasteiger partial charge in [0.05, 0.1) is 18.1 Å². The molecule has 0 aromatic carbocycles. The third-order valence-electron chi connectivity index (χ3n) is 3.19. The van der Waals surface area contributed by atoms with E-state index in [1.54, 1.807) is 0 Å². The molecule has 0 aliphatic carbocycles. The lowest BCUT2D eigenvalue weighted by Gasteiger charge is -2.32. The van der Waals surface area contributed by atoms with Gasteiger partial charge in [0.2, 0.25) is 0 Å². The van der Waals surface area contributed by atoms with Crippen molar-refractivity contribution >= 4 is 23.2 Å². The fourth-order valence-electron chi connectivity index (χ4n) is 2.17. The van der Waals surface area contributed by atoms with Gasteiger partial charge in [0, 0.05) is 6.54 Å². The molecule has 3 heterocycles. The maximum atomic E-state index is 12.6. The second-order valence-electron chi connectivity index (χ2n) is 4.43. The number of carbonyl (C=O) groups excluding carboxylic acids is 1. The van der Waals surface area contributed by atoms with Crippen LogP contribution in [0.3, 0.4) is 0 Å². The Morgan fingerprint density at radius 1 is 1.48 bits per heavy atom. The first-order valence-corrected chi connectivity index (χ1v) is 7.15. The van der Waals surface area contributed by atoms with Crippen molar-refractivity contribution in [3.8, 4) is 10.6 Å². The van der Waals surface area contributed by atoms with Crippen molar-refractivity contribution in [3.63, 3.8) is 0 Å². The number of nitrogens with zero attached hydrogens (tertiary/aromatic N) is 2. The fraction of sp³-hybridized carbons (Fsp3) is 0.308. The van der Waals surface area contributed by atoms with Crippen molar-refractivity contribution in [3.05, 3.63) is 29.6 Å². The largest absolute Gasteiger partial charge is 0.480 e. The van der Waals surface area contributed by atoms with Gasteiger partial charge >= 0.3 is 5.97 Å². The summed E-state index contributed by atoms with van der Waals surface area (Å²) in [6, 6.07) is 2.65. The number of rotatable bonds is 3. The average molecular weight is 308 g/mol. The van der Waals surface area contributed by atoms with Gasteiger partial charge in [-0.3, -0.25) is 4.79 Å². The molecule has 1 N–H and O–H groups in total. The molecule has 21 heavy (non-hydrogen) atoms. The molecule has 2 aromatic heterocycles. The summed E-state index contributed by atoms with van der Waals surface area (Å²) in [6.07, 6.45) is 1.19. The summed E-state index contributed by atoms with van der Waals surface area (Å²) in [7, 11) is 0. The minimum absolute atomic E-state index is 0.0206. The lowest BCUT2D eigenvalue weighted by atomic mass is 10.2. The molecule has 1 aliphatic heterocycles. The molecule has 0 radical (unpaired) electrons. The SMILES string of the molecule is O=C(O)[C@@H]1COCCN1C(=O)c1ncoc1-c1cccs1. The molecule has 1 atom stereocenters. The van der Waals surface area contributed by atoms with E-state index in [2.05, 4.69) is 4.98 Å². The van der Waals surface area contributed by atoms with E-state index < -0.39 is 17.9 Å².